The Balaban J connectivity index is 2.12. The maximum Gasteiger partial charge on any atom is 0.422 e. The first-order valence-electron chi connectivity index (χ1n) is 10.3. The van der Waals surface area contributed by atoms with Gasteiger partial charge >= 0.3 is 11.9 Å². The molecule has 7 nitrogen and oxygen atoms in total. The number of benzene rings is 2. The van der Waals surface area contributed by atoms with Crippen LogP contribution in [0.2, 0.25) is 0 Å². The molecule has 0 spiro atoms. The molecule has 0 saturated heterocycles. The van der Waals surface area contributed by atoms with Gasteiger partial charge in [-0.15, -0.1) is 5.10 Å². The number of hydrogen-bond acceptors (Lipinski definition) is 4. The molecule has 0 aliphatic rings. The number of hydrogen-bond donors (Lipinski definition) is 1. The molecule has 1 amide bonds. The molecular formula is C22H20F6N4O3. The van der Waals surface area contributed by atoms with Crippen LogP contribution in [0, 0.1) is 17.5 Å². The Bertz CT molecular complexity index is 1300. The number of carbonyl (C=O) groups excluding carboxylic acids is 1. The first-order chi connectivity index (χ1) is 16.3. The van der Waals surface area contributed by atoms with E-state index in [0.29, 0.717) is 29.1 Å². The summed E-state index contributed by atoms with van der Waals surface area (Å²) in [4.78, 5) is 25.3. The first kappa shape index (κ1) is 25.8. The Hall–Kier alpha value is -3.77. The summed E-state index contributed by atoms with van der Waals surface area (Å²) in [6.07, 6.45) is -4.23. The summed E-state index contributed by atoms with van der Waals surface area (Å²) in [7, 11) is 1.40. The number of alkyl halides is 3. The molecule has 0 radical (unpaired) electrons. The third-order valence-corrected chi connectivity index (χ3v) is 5.18. The number of ether oxygens (including phenoxy) is 1. The van der Waals surface area contributed by atoms with Gasteiger partial charge in [0.2, 0.25) is 0 Å². The van der Waals surface area contributed by atoms with Crippen LogP contribution in [0.4, 0.5) is 32.0 Å². The van der Waals surface area contributed by atoms with E-state index < -0.39 is 64.5 Å². The molecule has 0 bridgehead atoms. The van der Waals surface area contributed by atoms with Gasteiger partial charge in [-0.3, -0.25) is 9.36 Å². The summed E-state index contributed by atoms with van der Waals surface area (Å²) in [6.45, 7) is 1.75. The second-order valence-corrected chi connectivity index (χ2v) is 7.68. The number of halogens is 6. The van der Waals surface area contributed by atoms with Crippen LogP contribution in [0.15, 0.2) is 35.1 Å². The summed E-state index contributed by atoms with van der Waals surface area (Å²) in [5.41, 5.74) is -3.04. The Morgan fingerprint density at radius 3 is 2.34 bits per heavy atom. The SMILES string of the molecule is CCC(C)c1nn(-c2cc(OCC(F)(F)F)c(C(=O)Nc3c(F)cccc3F)cc2F)c(=O)n1C. The minimum atomic E-state index is -4.83. The number of aromatic nitrogens is 3. The molecule has 35 heavy (non-hydrogen) atoms. The predicted molar refractivity (Wildman–Crippen MR) is 113 cm³/mol. The average molecular weight is 502 g/mol. The Morgan fingerprint density at radius 1 is 1.14 bits per heavy atom. The molecule has 0 saturated carbocycles. The lowest BCUT2D eigenvalue weighted by molar-refractivity contribution is -0.153. The van der Waals surface area contributed by atoms with Crippen molar-refractivity contribution in [1.82, 2.24) is 14.3 Å². The van der Waals surface area contributed by atoms with Gasteiger partial charge in [-0.05, 0) is 24.6 Å². The summed E-state index contributed by atoms with van der Waals surface area (Å²) in [5.74, 6) is -5.55. The molecule has 0 aliphatic carbocycles. The highest BCUT2D eigenvalue weighted by molar-refractivity contribution is 6.06. The molecule has 13 heteroatoms. The minimum absolute atomic E-state index is 0.196. The van der Waals surface area contributed by atoms with Crippen LogP contribution in [0.25, 0.3) is 5.69 Å². The lowest BCUT2D eigenvalue weighted by Gasteiger charge is -2.15. The summed E-state index contributed by atoms with van der Waals surface area (Å²) < 4.78 is 87.8. The number of carbonyl (C=O) groups is 1. The van der Waals surface area contributed by atoms with E-state index in [0.717, 1.165) is 22.8 Å². The molecule has 0 aliphatic heterocycles. The standard InChI is InChI=1S/C22H20F6N4O3/c1-4-11(2)19-30-32(21(34)31(19)3)16-9-17(35-10-22(26,27)28)12(8-15(16)25)20(33)29-18-13(23)6-5-7-14(18)24/h5-9,11H,4,10H2,1-3H3,(H,29,33). The summed E-state index contributed by atoms with van der Waals surface area (Å²) >= 11 is 0. The molecule has 1 aromatic heterocycles. The van der Waals surface area contributed by atoms with Crippen molar-refractivity contribution < 1.29 is 35.9 Å². The van der Waals surface area contributed by atoms with Crippen molar-refractivity contribution in [2.45, 2.75) is 32.4 Å². The van der Waals surface area contributed by atoms with Crippen molar-refractivity contribution in [3.63, 3.8) is 0 Å². The number of anilines is 1. The quantitative estimate of drug-likeness (QED) is 0.476. The van der Waals surface area contributed by atoms with Crippen LogP contribution in [0.5, 0.6) is 5.75 Å². The van der Waals surface area contributed by atoms with Crippen molar-refractivity contribution in [1.29, 1.82) is 0 Å². The van der Waals surface area contributed by atoms with Crippen LogP contribution in [0.1, 0.15) is 42.4 Å². The van der Waals surface area contributed by atoms with Gasteiger partial charge < -0.3 is 10.1 Å². The fourth-order valence-corrected chi connectivity index (χ4v) is 3.18. The molecule has 1 atom stereocenters. The van der Waals surface area contributed by atoms with Gasteiger partial charge in [-0.1, -0.05) is 19.9 Å². The van der Waals surface area contributed by atoms with E-state index in [-0.39, 0.29) is 5.92 Å². The Labute approximate surface area is 194 Å². The minimum Gasteiger partial charge on any atom is -0.483 e. The molecule has 1 unspecified atom stereocenters. The van der Waals surface area contributed by atoms with Gasteiger partial charge in [0.05, 0.1) is 5.56 Å². The zero-order valence-corrected chi connectivity index (χ0v) is 18.7. The normalized spacial score (nSPS) is 12.5. The maximum absolute atomic E-state index is 15.0. The van der Waals surface area contributed by atoms with E-state index in [4.69, 9.17) is 4.74 Å². The molecule has 3 rings (SSSR count). The van der Waals surface area contributed by atoms with E-state index in [2.05, 4.69) is 5.10 Å². The maximum atomic E-state index is 15.0. The van der Waals surface area contributed by atoms with Gasteiger partial charge in [0, 0.05) is 19.0 Å². The Kier molecular flexibility index (Phi) is 7.27. The van der Waals surface area contributed by atoms with Crippen molar-refractivity contribution in [3.8, 4) is 11.4 Å². The number of para-hydroxylation sites is 1. The highest BCUT2D eigenvalue weighted by Gasteiger charge is 2.30. The molecule has 1 heterocycles. The monoisotopic (exact) mass is 502 g/mol. The molecule has 3 aromatic rings. The molecular weight excluding hydrogens is 482 g/mol. The largest absolute Gasteiger partial charge is 0.483 e. The van der Waals surface area contributed by atoms with Crippen LogP contribution >= 0.6 is 0 Å². The smallest absolute Gasteiger partial charge is 0.422 e. The van der Waals surface area contributed by atoms with Crippen molar-refractivity contribution in [3.05, 3.63) is 69.7 Å². The molecule has 0 fully saturated rings. The fourth-order valence-electron chi connectivity index (χ4n) is 3.18. The molecule has 2 aromatic carbocycles. The first-order valence-corrected chi connectivity index (χ1v) is 10.3. The topological polar surface area (TPSA) is 78.2 Å². The Morgan fingerprint density at radius 2 is 1.77 bits per heavy atom. The third-order valence-electron chi connectivity index (χ3n) is 5.18. The predicted octanol–water partition coefficient (Wildman–Crippen LogP) is 4.70. The fraction of sp³-hybridized carbons (Fsp3) is 0.318. The van der Waals surface area contributed by atoms with Gasteiger partial charge in [0.15, 0.2) is 6.61 Å². The zero-order chi connectivity index (χ0) is 26.1. The number of rotatable bonds is 7. The van der Waals surface area contributed by atoms with Crippen LogP contribution < -0.4 is 15.7 Å². The summed E-state index contributed by atoms with van der Waals surface area (Å²) in [6, 6.07) is 3.91. The highest BCUT2D eigenvalue weighted by Crippen LogP contribution is 2.29. The van der Waals surface area contributed by atoms with E-state index >= 15 is 4.39 Å². The number of nitrogens with zero attached hydrogens (tertiary/aromatic N) is 3. The summed E-state index contributed by atoms with van der Waals surface area (Å²) in [5, 5.41) is 5.94. The van der Waals surface area contributed by atoms with Crippen molar-refractivity contribution >= 4 is 11.6 Å². The second kappa shape index (κ2) is 9.84. The van der Waals surface area contributed by atoms with E-state index in [1.165, 1.54) is 7.05 Å². The van der Waals surface area contributed by atoms with Gasteiger partial charge in [-0.25, -0.2) is 18.0 Å². The lowest BCUT2D eigenvalue weighted by Crippen LogP contribution is -2.25. The average Bonchev–Trinajstić information content (AvgIpc) is 3.08. The molecule has 188 valence electrons. The second-order valence-electron chi connectivity index (χ2n) is 7.68. The van der Waals surface area contributed by atoms with Gasteiger partial charge in [0.1, 0.15) is 40.4 Å². The van der Waals surface area contributed by atoms with Crippen LogP contribution in [-0.2, 0) is 7.05 Å². The van der Waals surface area contributed by atoms with E-state index in [1.54, 1.807) is 6.92 Å². The third kappa shape index (κ3) is 5.49. The van der Waals surface area contributed by atoms with Crippen LogP contribution in [-0.4, -0.2) is 33.0 Å². The lowest BCUT2D eigenvalue weighted by atomic mass is 10.1. The number of amides is 1. The molecule has 1 N–H and O–H groups in total. The van der Waals surface area contributed by atoms with E-state index in [1.807, 2.05) is 12.2 Å². The highest BCUT2D eigenvalue weighted by atomic mass is 19.4. The van der Waals surface area contributed by atoms with Crippen molar-refractivity contribution in [2.24, 2.45) is 7.05 Å². The van der Waals surface area contributed by atoms with Crippen LogP contribution in [0.3, 0.4) is 0 Å². The van der Waals surface area contributed by atoms with E-state index in [9.17, 15) is 31.5 Å². The van der Waals surface area contributed by atoms with Gasteiger partial charge in [0.25, 0.3) is 5.91 Å². The van der Waals surface area contributed by atoms with Gasteiger partial charge in [-0.2, -0.15) is 17.9 Å². The van der Waals surface area contributed by atoms with Crippen molar-refractivity contribution in [2.75, 3.05) is 11.9 Å². The number of nitrogens with one attached hydrogen (secondary N) is 1. The zero-order valence-electron chi connectivity index (χ0n) is 18.7.